The van der Waals surface area contributed by atoms with Gasteiger partial charge in [0.25, 0.3) is 11.8 Å². The Kier molecular flexibility index (Phi) is 9.67. The van der Waals surface area contributed by atoms with Gasteiger partial charge in [-0.25, -0.2) is 0 Å². The first-order valence-corrected chi connectivity index (χ1v) is 10.3. The molecule has 0 aliphatic rings. The lowest BCUT2D eigenvalue weighted by molar-refractivity contribution is 0.0949. The summed E-state index contributed by atoms with van der Waals surface area (Å²) in [6, 6.07) is 14.3. The predicted molar refractivity (Wildman–Crippen MR) is 121 cm³/mol. The maximum Gasteiger partial charge on any atom is 0.251 e. The average Bonchev–Trinajstić information content (AvgIpc) is 2.76. The van der Waals surface area contributed by atoms with E-state index in [-0.39, 0.29) is 11.8 Å². The largest absolute Gasteiger partial charge is 0.357 e. The SMILES string of the molecule is CCNC(=NCCc1cccc(C(=O)NC)c1)NCCNC(=O)c1ccc(Cl)cc1. The van der Waals surface area contributed by atoms with Crippen molar-refractivity contribution in [1.29, 1.82) is 0 Å². The lowest BCUT2D eigenvalue weighted by Gasteiger charge is -2.12. The van der Waals surface area contributed by atoms with Crippen LogP contribution in [0.3, 0.4) is 0 Å². The third-order valence-corrected chi connectivity index (χ3v) is 4.49. The fourth-order valence-corrected chi connectivity index (χ4v) is 2.84. The van der Waals surface area contributed by atoms with Gasteiger partial charge in [0.05, 0.1) is 0 Å². The molecule has 0 heterocycles. The van der Waals surface area contributed by atoms with Crippen LogP contribution in [0, 0.1) is 0 Å². The number of carbonyl (C=O) groups is 2. The molecule has 0 aromatic heterocycles. The fourth-order valence-electron chi connectivity index (χ4n) is 2.71. The summed E-state index contributed by atoms with van der Waals surface area (Å²) in [5.74, 6) is 0.433. The summed E-state index contributed by atoms with van der Waals surface area (Å²) in [5, 5.41) is 12.5. The van der Waals surface area contributed by atoms with Gasteiger partial charge < -0.3 is 21.3 Å². The number of amides is 2. The van der Waals surface area contributed by atoms with Crippen LogP contribution in [-0.2, 0) is 6.42 Å². The monoisotopic (exact) mass is 429 g/mol. The quantitative estimate of drug-likeness (QED) is 0.279. The molecule has 30 heavy (non-hydrogen) atoms. The number of rotatable bonds is 9. The standard InChI is InChI=1S/C22H28ClN5O2/c1-3-25-22(27-12-11-16-5-4-6-18(15-16)20(29)24-2)28-14-13-26-21(30)17-7-9-19(23)10-8-17/h4-10,15H,3,11-14H2,1-2H3,(H,24,29)(H,26,30)(H2,25,27,28). The van der Waals surface area contributed by atoms with Gasteiger partial charge in [-0.3, -0.25) is 14.6 Å². The summed E-state index contributed by atoms with van der Waals surface area (Å²) >= 11 is 5.84. The summed E-state index contributed by atoms with van der Waals surface area (Å²) in [4.78, 5) is 28.4. The smallest absolute Gasteiger partial charge is 0.251 e. The number of benzene rings is 2. The minimum atomic E-state index is -0.147. The average molecular weight is 430 g/mol. The van der Waals surface area contributed by atoms with Gasteiger partial charge >= 0.3 is 0 Å². The van der Waals surface area contributed by atoms with Crippen LogP contribution in [0.15, 0.2) is 53.5 Å². The molecule has 2 amide bonds. The predicted octanol–water partition coefficient (Wildman–Crippen LogP) is 2.23. The number of hydrogen-bond acceptors (Lipinski definition) is 3. The van der Waals surface area contributed by atoms with Crippen molar-refractivity contribution < 1.29 is 9.59 Å². The molecule has 0 fully saturated rings. The molecule has 0 unspecified atom stereocenters. The molecule has 2 rings (SSSR count). The maximum atomic E-state index is 12.1. The Morgan fingerprint density at radius 2 is 1.67 bits per heavy atom. The van der Waals surface area contributed by atoms with Crippen molar-refractivity contribution in [2.45, 2.75) is 13.3 Å². The second kappa shape index (κ2) is 12.5. The molecule has 0 aliphatic heterocycles. The van der Waals surface area contributed by atoms with E-state index < -0.39 is 0 Å². The summed E-state index contributed by atoms with van der Waals surface area (Å²) in [6.45, 7) is 4.29. The van der Waals surface area contributed by atoms with Crippen molar-refractivity contribution in [2.24, 2.45) is 4.99 Å². The number of carbonyl (C=O) groups excluding carboxylic acids is 2. The van der Waals surface area contributed by atoms with Crippen LogP contribution in [0.4, 0.5) is 0 Å². The third-order valence-electron chi connectivity index (χ3n) is 4.24. The van der Waals surface area contributed by atoms with Crippen molar-refractivity contribution in [3.05, 3.63) is 70.2 Å². The molecule has 0 atom stereocenters. The molecule has 0 radical (unpaired) electrons. The topological polar surface area (TPSA) is 94.6 Å². The maximum absolute atomic E-state index is 12.1. The Balaban J connectivity index is 1.79. The van der Waals surface area contributed by atoms with Gasteiger partial charge in [-0.05, 0) is 55.3 Å². The molecule has 4 N–H and O–H groups in total. The second-order valence-corrected chi connectivity index (χ2v) is 6.92. The first-order valence-electron chi connectivity index (χ1n) is 9.90. The zero-order chi connectivity index (χ0) is 21.8. The van der Waals surface area contributed by atoms with Gasteiger partial charge in [-0.1, -0.05) is 23.7 Å². The highest BCUT2D eigenvalue weighted by atomic mass is 35.5. The van der Waals surface area contributed by atoms with Crippen LogP contribution in [-0.4, -0.2) is 51.0 Å². The van der Waals surface area contributed by atoms with E-state index in [1.807, 2.05) is 25.1 Å². The Hall–Kier alpha value is -3.06. The molecule has 2 aromatic rings. The number of nitrogens with one attached hydrogen (secondary N) is 4. The van der Waals surface area contributed by atoms with Crippen LogP contribution in [0.1, 0.15) is 33.2 Å². The van der Waals surface area contributed by atoms with Crippen molar-refractivity contribution in [3.8, 4) is 0 Å². The minimum Gasteiger partial charge on any atom is -0.357 e. The molecule has 0 saturated carbocycles. The lowest BCUT2D eigenvalue weighted by Crippen LogP contribution is -2.41. The molecule has 0 spiro atoms. The van der Waals surface area contributed by atoms with E-state index >= 15 is 0 Å². The Morgan fingerprint density at radius 1 is 0.933 bits per heavy atom. The van der Waals surface area contributed by atoms with Crippen LogP contribution in [0.25, 0.3) is 0 Å². The zero-order valence-electron chi connectivity index (χ0n) is 17.3. The van der Waals surface area contributed by atoms with Gasteiger partial charge in [-0.2, -0.15) is 0 Å². The third kappa shape index (κ3) is 7.75. The number of nitrogens with zero attached hydrogens (tertiary/aromatic N) is 1. The molecular weight excluding hydrogens is 402 g/mol. The summed E-state index contributed by atoms with van der Waals surface area (Å²) in [7, 11) is 1.62. The van der Waals surface area contributed by atoms with E-state index in [4.69, 9.17) is 11.6 Å². The highest BCUT2D eigenvalue weighted by Crippen LogP contribution is 2.09. The van der Waals surface area contributed by atoms with Gasteiger partial charge in [0, 0.05) is 49.4 Å². The molecule has 7 nitrogen and oxygen atoms in total. The molecule has 0 bridgehead atoms. The first kappa shape index (κ1) is 23.2. The van der Waals surface area contributed by atoms with E-state index in [1.54, 1.807) is 37.4 Å². The summed E-state index contributed by atoms with van der Waals surface area (Å²) in [6.07, 6.45) is 0.717. The second-order valence-electron chi connectivity index (χ2n) is 6.48. The Labute approximate surface area is 182 Å². The number of aliphatic imine (C=N–C) groups is 1. The first-order chi connectivity index (χ1) is 14.5. The van der Waals surface area contributed by atoms with Gasteiger partial charge in [0.2, 0.25) is 0 Å². The van der Waals surface area contributed by atoms with E-state index in [0.29, 0.717) is 48.2 Å². The summed E-state index contributed by atoms with van der Waals surface area (Å²) in [5.41, 5.74) is 2.25. The van der Waals surface area contributed by atoms with Gasteiger partial charge in [0.1, 0.15) is 0 Å². The molecule has 0 saturated heterocycles. The van der Waals surface area contributed by atoms with Crippen molar-refractivity contribution in [2.75, 3.05) is 33.2 Å². The van der Waals surface area contributed by atoms with Crippen LogP contribution >= 0.6 is 11.6 Å². The van der Waals surface area contributed by atoms with Gasteiger partial charge in [0.15, 0.2) is 5.96 Å². The molecule has 0 aliphatic carbocycles. The van der Waals surface area contributed by atoms with Crippen molar-refractivity contribution >= 4 is 29.4 Å². The van der Waals surface area contributed by atoms with E-state index in [2.05, 4.69) is 26.3 Å². The molecule has 160 valence electrons. The highest BCUT2D eigenvalue weighted by Gasteiger charge is 2.05. The number of hydrogen-bond donors (Lipinski definition) is 4. The lowest BCUT2D eigenvalue weighted by atomic mass is 10.1. The molecular formula is C22H28ClN5O2. The van der Waals surface area contributed by atoms with Crippen molar-refractivity contribution in [1.82, 2.24) is 21.3 Å². The van der Waals surface area contributed by atoms with Gasteiger partial charge in [-0.15, -0.1) is 0 Å². The highest BCUT2D eigenvalue weighted by molar-refractivity contribution is 6.30. The molecule has 8 heteroatoms. The number of guanidine groups is 1. The fraction of sp³-hybridized carbons (Fsp3) is 0.318. The Bertz CT molecular complexity index is 868. The van der Waals surface area contributed by atoms with Crippen LogP contribution in [0.2, 0.25) is 5.02 Å². The summed E-state index contributed by atoms with van der Waals surface area (Å²) < 4.78 is 0. The van der Waals surface area contributed by atoms with Crippen molar-refractivity contribution in [3.63, 3.8) is 0 Å². The van der Waals surface area contributed by atoms with Crippen LogP contribution in [0.5, 0.6) is 0 Å². The Morgan fingerprint density at radius 3 is 2.37 bits per heavy atom. The minimum absolute atomic E-state index is 0.101. The van der Waals surface area contributed by atoms with E-state index in [1.165, 1.54) is 0 Å². The zero-order valence-corrected chi connectivity index (χ0v) is 18.1. The number of halogens is 1. The van der Waals surface area contributed by atoms with Crippen LogP contribution < -0.4 is 21.3 Å². The van der Waals surface area contributed by atoms with E-state index in [9.17, 15) is 9.59 Å². The molecule has 2 aromatic carbocycles. The normalized spacial score (nSPS) is 11.0. The van der Waals surface area contributed by atoms with E-state index in [0.717, 1.165) is 12.1 Å².